The van der Waals surface area contributed by atoms with Crippen LogP contribution < -0.4 is 10.5 Å². The zero-order valence-electron chi connectivity index (χ0n) is 30.1. The lowest BCUT2D eigenvalue weighted by Gasteiger charge is -2.35. The van der Waals surface area contributed by atoms with Crippen molar-refractivity contribution in [1.82, 2.24) is 19.6 Å². The number of nitriles is 1. The minimum absolute atomic E-state index is 0.0536. The van der Waals surface area contributed by atoms with E-state index in [2.05, 4.69) is 22.0 Å². The number of nitrogen functional groups attached to an aromatic ring is 1. The maximum atomic E-state index is 13.0. The van der Waals surface area contributed by atoms with Crippen LogP contribution in [0.25, 0.3) is 5.52 Å². The van der Waals surface area contributed by atoms with E-state index in [4.69, 9.17) is 34.3 Å². The van der Waals surface area contributed by atoms with Gasteiger partial charge < -0.3 is 35.1 Å². The molecule has 3 aromatic heterocycles. The van der Waals surface area contributed by atoms with Crippen molar-refractivity contribution in [3.63, 3.8) is 0 Å². The highest BCUT2D eigenvalue weighted by Crippen LogP contribution is 2.45. The molecule has 3 rings (SSSR count). The minimum atomic E-state index is -4.73. The summed E-state index contributed by atoms with van der Waals surface area (Å²) in [6.45, 7) is 3.16. The largest absolute Gasteiger partial charge is 0.484 e. The summed E-state index contributed by atoms with van der Waals surface area (Å²) in [5, 5.41) is 35.2. The number of hydrogen-bond donors (Lipinski definition) is 4. The molecule has 0 bridgehead atoms. The van der Waals surface area contributed by atoms with E-state index in [1.54, 1.807) is 12.1 Å². The van der Waals surface area contributed by atoms with Gasteiger partial charge in [0.25, 0.3) is 0 Å². The highest BCUT2D eigenvalue weighted by atomic mass is 31.2. The molecule has 5 atom stereocenters. The number of phosphoric ester groups is 1. The average molecular weight is 735 g/mol. The number of nitrogens with zero attached hydrogens (tertiary/aromatic N) is 5. The van der Waals surface area contributed by atoms with Crippen molar-refractivity contribution in [1.29, 1.82) is 5.26 Å². The van der Waals surface area contributed by atoms with E-state index in [-0.39, 0.29) is 23.8 Å². The average Bonchev–Trinajstić information content (AvgIpc) is 3.58. The molecule has 284 valence electrons. The van der Waals surface area contributed by atoms with E-state index in [1.165, 1.54) is 101 Å². The number of pyridine rings is 1. The second-order valence-electron chi connectivity index (χ2n) is 12.8. The highest BCUT2D eigenvalue weighted by molar-refractivity contribution is 7.47. The molecular formula is C35H55N6O9P. The molecule has 0 aliphatic heterocycles. The first kappa shape index (κ1) is 42.2. The van der Waals surface area contributed by atoms with Gasteiger partial charge in [-0.2, -0.15) is 10.4 Å². The summed E-state index contributed by atoms with van der Waals surface area (Å²) in [5.74, 6) is 0.501. The smallest absolute Gasteiger partial charge is 0.472 e. The summed E-state index contributed by atoms with van der Waals surface area (Å²) < 4.78 is 42.0. The molecule has 0 aromatic carbocycles. The summed E-state index contributed by atoms with van der Waals surface area (Å²) in [6, 6.07) is 8.10. The first-order valence-electron chi connectivity index (χ1n) is 17.8. The lowest BCUT2D eigenvalue weighted by atomic mass is 9.93. The van der Waals surface area contributed by atoms with Crippen molar-refractivity contribution in [2.24, 2.45) is 0 Å². The lowest BCUT2D eigenvalue weighted by Crippen LogP contribution is -2.48. The van der Waals surface area contributed by atoms with Gasteiger partial charge in [0.2, 0.25) is 0 Å². The first-order valence-corrected chi connectivity index (χ1v) is 19.2. The van der Waals surface area contributed by atoms with Crippen molar-refractivity contribution in [3.05, 3.63) is 48.2 Å². The molecule has 0 aliphatic carbocycles. The van der Waals surface area contributed by atoms with Crippen molar-refractivity contribution in [2.45, 2.75) is 115 Å². The van der Waals surface area contributed by atoms with Crippen LogP contribution in [0, 0.1) is 11.3 Å². The van der Waals surface area contributed by atoms with Gasteiger partial charge in [-0.25, -0.2) is 19.0 Å². The number of hydrogen-bond acceptors (Lipinski definition) is 13. The Balaban J connectivity index is 1.48. The van der Waals surface area contributed by atoms with E-state index in [9.17, 15) is 19.7 Å². The molecule has 0 saturated carbocycles. The predicted molar refractivity (Wildman–Crippen MR) is 191 cm³/mol. The minimum Gasteiger partial charge on any atom is -0.484 e. The van der Waals surface area contributed by atoms with Crippen molar-refractivity contribution in [2.75, 3.05) is 39.3 Å². The normalized spacial score (nSPS) is 15.9. The van der Waals surface area contributed by atoms with Crippen LogP contribution in [0.5, 0.6) is 5.75 Å². The molecule has 5 N–H and O–H groups in total. The van der Waals surface area contributed by atoms with Gasteiger partial charge in [0.1, 0.15) is 53.3 Å². The summed E-state index contributed by atoms with van der Waals surface area (Å²) >= 11 is 0. The van der Waals surface area contributed by atoms with Crippen LogP contribution in [-0.4, -0.2) is 86.0 Å². The van der Waals surface area contributed by atoms with E-state index in [1.807, 2.05) is 6.07 Å². The van der Waals surface area contributed by atoms with Crippen molar-refractivity contribution >= 4 is 19.2 Å². The van der Waals surface area contributed by atoms with Crippen LogP contribution in [0.1, 0.15) is 108 Å². The molecule has 16 heteroatoms. The Morgan fingerprint density at radius 1 is 0.961 bits per heavy atom. The molecular weight excluding hydrogens is 679 g/mol. The second-order valence-corrected chi connectivity index (χ2v) is 14.3. The number of ether oxygens (including phenoxy) is 3. The number of fused-ring (bicyclic) bond motifs is 1. The monoisotopic (exact) mass is 734 g/mol. The number of unbranched alkanes of at least 4 members (excludes halogenated alkanes) is 11. The van der Waals surface area contributed by atoms with Gasteiger partial charge in [0.05, 0.1) is 31.7 Å². The molecule has 0 radical (unpaired) electrons. The van der Waals surface area contributed by atoms with E-state index in [0.29, 0.717) is 17.9 Å². The quantitative estimate of drug-likeness (QED) is 0.0548. The number of rotatable bonds is 27. The summed E-state index contributed by atoms with van der Waals surface area (Å²) in [4.78, 5) is 18.5. The van der Waals surface area contributed by atoms with Gasteiger partial charge in [0, 0.05) is 13.7 Å². The maximum Gasteiger partial charge on any atom is 0.472 e. The molecule has 0 fully saturated rings. The highest BCUT2D eigenvalue weighted by Gasteiger charge is 2.42. The van der Waals surface area contributed by atoms with Crippen molar-refractivity contribution < 1.29 is 42.9 Å². The fourth-order valence-corrected chi connectivity index (χ4v) is 6.32. The summed E-state index contributed by atoms with van der Waals surface area (Å²) in [6.07, 6.45) is 13.3. The fourth-order valence-electron chi connectivity index (χ4n) is 5.47. The van der Waals surface area contributed by atoms with Crippen LogP contribution in [0.15, 0.2) is 36.8 Å². The Morgan fingerprint density at radius 3 is 2.24 bits per heavy atom. The number of anilines is 1. The number of nitrogens with two attached hydrogens (primary N) is 1. The van der Waals surface area contributed by atoms with E-state index in [0.717, 1.165) is 19.3 Å². The Labute approximate surface area is 300 Å². The van der Waals surface area contributed by atoms with Gasteiger partial charge in [-0.05, 0) is 37.6 Å². The number of aromatic nitrogens is 4. The zero-order valence-corrected chi connectivity index (χ0v) is 31.0. The van der Waals surface area contributed by atoms with Gasteiger partial charge in [0.15, 0.2) is 5.82 Å². The third-order valence-electron chi connectivity index (χ3n) is 8.74. The Hall–Kier alpha value is -3.19. The van der Waals surface area contributed by atoms with Gasteiger partial charge in [-0.1, -0.05) is 77.6 Å². The number of methoxy groups -OCH3 is 1. The number of aliphatic hydroxyl groups is 2. The molecule has 0 spiro atoms. The third kappa shape index (κ3) is 14.0. The second kappa shape index (κ2) is 22.0. The van der Waals surface area contributed by atoms with Gasteiger partial charge >= 0.3 is 7.82 Å². The molecule has 0 saturated heterocycles. The molecule has 0 amide bonds. The van der Waals surface area contributed by atoms with E-state index >= 15 is 0 Å². The van der Waals surface area contributed by atoms with Crippen LogP contribution >= 0.6 is 7.82 Å². The molecule has 1 unspecified atom stereocenters. The van der Waals surface area contributed by atoms with Crippen LogP contribution in [0.4, 0.5) is 5.82 Å². The zero-order chi connectivity index (χ0) is 37.1. The van der Waals surface area contributed by atoms with Gasteiger partial charge in [-0.15, -0.1) is 0 Å². The fraction of sp³-hybridized carbons (Fsp3) is 0.657. The topological polar surface area (TPSA) is 217 Å². The number of aliphatic hydroxyl groups excluding tert-OH is 2. The summed E-state index contributed by atoms with van der Waals surface area (Å²) in [7, 11) is -3.47. The predicted octanol–water partition coefficient (Wildman–Crippen LogP) is 5.68. The molecule has 15 nitrogen and oxygen atoms in total. The lowest BCUT2D eigenvalue weighted by molar-refractivity contribution is -0.154. The Kier molecular flexibility index (Phi) is 18.2. The molecule has 51 heavy (non-hydrogen) atoms. The maximum absolute atomic E-state index is 13.0. The Bertz CT molecular complexity index is 1520. The van der Waals surface area contributed by atoms with Crippen LogP contribution in [-0.2, 0) is 23.1 Å². The number of phosphoric acid groups is 1. The first-order chi connectivity index (χ1) is 24.5. The SMILES string of the molecule is CCCCCCCCCCCCCCOC[C@H](COP(=O)(O)OC[C@@](C)(OC)[C@@H](O)[C@@H](O)c1ccc2c(N)ncnn12)Oc1ccc(C#N)nc1. The van der Waals surface area contributed by atoms with Gasteiger partial charge in [-0.3, -0.25) is 9.05 Å². The van der Waals surface area contributed by atoms with Crippen LogP contribution in [0.2, 0.25) is 0 Å². The summed E-state index contributed by atoms with van der Waals surface area (Å²) in [5.41, 5.74) is 5.04. The third-order valence-corrected chi connectivity index (χ3v) is 9.67. The standard InChI is InChI=1S/C35H55N6O9P/c1-4-5-6-7-8-9-10-11-12-13-14-15-20-47-23-29(50-28-17-16-27(21-36)38-22-28)24-48-51(44,45)49-25-35(2,46-3)33(43)32(42)30-18-19-31-34(37)39-26-40-41(30)31/h16-19,22,26,29,32-33,42-43H,4-15,20,23-25H2,1-3H3,(H,44,45)(H2,37,39,40)/t29-,32+,33+,35-/m1/s1. The van der Waals surface area contributed by atoms with Crippen molar-refractivity contribution in [3.8, 4) is 11.8 Å². The van der Waals surface area contributed by atoms with Crippen LogP contribution in [0.3, 0.4) is 0 Å². The molecule has 3 aromatic rings. The van der Waals surface area contributed by atoms with E-state index < -0.39 is 44.9 Å². The molecule has 0 aliphatic rings. The Morgan fingerprint density at radius 2 is 1.63 bits per heavy atom. The molecule has 3 heterocycles.